The van der Waals surface area contributed by atoms with Crippen molar-refractivity contribution in [3.05, 3.63) is 57.8 Å². The second kappa shape index (κ2) is 7.16. The second-order valence-corrected chi connectivity index (χ2v) is 6.23. The summed E-state index contributed by atoms with van der Waals surface area (Å²) in [5.74, 6) is -0.457. The van der Waals surface area contributed by atoms with Crippen LogP contribution in [0.15, 0.2) is 41.3 Å². The van der Waals surface area contributed by atoms with Gasteiger partial charge in [-0.3, -0.25) is 4.79 Å². The monoisotopic (exact) mass is 343 g/mol. The number of carbonyl (C=O) groups is 1. The van der Waals surface area contributed by atoms with E-state index in [2.05, 4.69) is 5.32 Å². The molecule has 2 rings (SSSR count). The summed E-state index contributed by atoms with van der Waals surface area (Å²) in [6.07, 6.45) is 0. The minimum absolute atomic E-state index is 0.163. The average Bonchev–Trinajstić information content (AvgIpc) is 2.44. The summed E-state index contributed by atoms with van der Waals surface area (Å²) in [6, 6.07) is 9.34. The molecule has 2 nitrogen and oxygen atoms in total. The molecule has 0 aliphatic carbocycles. The van der Waals surface area contributed by atoms with Crippen molar-refractivity contribution in [3.63, 3.8) is 0 Å². The van der Waals surface area contributed by atoms with Crippen molar-refractivity contribution in [1.82, 2.24) is 0 Å². The number of amides is 1. The van der Waals surface area contributed by atoms with E-state index < -0.39 is 0 Å². The predicted octanol–water partition coefficient (Wildman–Crippen LogP) is 5.17. The molecule has 0 spiro atoms. The van der Waals surface area contributed by atoms with Gasteiger partial charge in [0.15, 0.2) is 0 Å². The molecule has 0 heterocycles. The Labute approximate surface area is 136 Å². The number of thioether (sulfide) groups is 1. The van der Waals surface area contributed by atoms with Gasteiger partial charge in [0.05, 0.1) is 10.8 Å². The molecule has 6 heteroatoms. The van der Waals surface area contributed by atoms with Crippen molar-refractivity contribution in [2.24, 2.45) is 0 Å². The molecule has 0 aliphatic rings. The van der Waals surface area contributed by atoms with Crippen LogP contribution in [0.2, 0.25) is 10.0 Å². The fourth-order valence-corrected chi connectivity index (χ4v) is 2.94. The molecule has 2 aromatic rings. The van der Waals surface area contributed by atoms with E-state index in [0.29, 0.717) is 15.7 Å². The van der Waals surface area contributed by atoms with E-state index >= 15 is 0 Å². The summed E-state index contributed by atoms with van der Waals surface area (Å²) in [7, 11) is 0. The minimum atomic E-state index is -0.388. The van der Waals surface area contributed by atoms with E-state index in [1.165, 1.54) is 23.9 Å². The quantitative estimate of drug-likeness (QED) is 0.775. The molecule has 2 aromatic carbocycles. The van der Waals surface area contributed by atoms with Crippen molar-refractivity contribution in [3.8, 4) is 0 Å². The fourth-order valence-electron chi connectivity index (χ4n) is 1.65. The molecular formula is C15H12Cl2FNOS. The van der Waals surface area contributed by atoms with Crippen LogP contribution in [0.3, 0.4) is 0 Å². The summed E-state index contributed by atoms with van der Waals surface area (Å²) in [6.45, 7) is 1.80. The van der Waals surface area contributed by atoms with Crippen molar-refractivity contribution in [2.75, 3.05) is 11.1 Å². The Hall–Kier alpha value is -1.23. The van der Waals surface area contributed by atoms with Gasteiger partial charge in [-0.05, 0) is 42.8 Å². The first-order chi connectivity index (χ1) is 9.95. The highest BCUT2D eigenvalue weighted by Crippen LogP contribution is 2.30. The smallest absolute Gasteiger partial charge is 0.234 e. The highest BCUT2D eigenvalue weighted by molar-refractivity contribution is 8.00. The van der Waals surface area contributed by atoms with Gasteiger partial charge in [-0.2, -0.15) is 0 Å². The Bertz CT molecular complexity index is 679. The summed E-state index contributed by atoms with van der Waals surface area (Å²) in [5, 5.41) is 3.78. The molecule has 0 fully saturated rings. The van der Waals surface area contributed by atoms with Gasteiger partial charge in [-0.25, -0.2) is 4.39 Å². The van der Waals surface area contributed by atoms with Crippen LogP contribution in [-0.2, 0) is 4.79 Å². The van der Waals surface area contributed by atoms with Crippen LogP contribution in [0.4, 0.5) is 10.1 Å². The zero-order chi connectivity index (χ0) is 15.4. The maximum atomic E-state index is 13.2. The van der Waals surface area contributed by atoms with E-state index in [9.17, 15) is 9.18 Å². The Kier molecular flexibility index (Phi) is 5.51. The van der Waals surface area contributed by atoms with Crippen LogP contribution in [0.5, 0.6) is 0 Å². The molecule has 0 bridgehead atoms. The van der Waals surface area contributed by atoms with Crippen LogP contribution in [0.1, 0.15) is 5.56 Å². The Morgan fingerprint density at radius 3 is 2.76 bits per heavy atom. The highest BCUT2D eigenvalue weighted by atomic mass is 35.5. The molecule has 0 aliphatic heterocycles. The molecule has 0 aromatic heterocycles. The van der Waals surface area contributed by atoms with E-state index in [1.807, 2.05) is 0 Å². The molecule has 0 saturated heterocycles. The van der Waals surface area contributed by atoms with E-state index in [4.69, 9.17) is 23.2 Å². The summed E-state index contributed by atoms with van der Waals surface area (Å²) < 4.78 is 13.2. The van der Waals surface area contributed by atoms with E-state index in [0.717, 1.165) is 10.5 Å². The predicted molar refractivity (Wildman–Crippen MR) is 87.0 cm³/mol. The molecule has 0 radical (unpaired) electrons. The standard InChI is InChI=1S/C15H12Cl2FNOS/c1-9-2-4-11(18)7-13(9)19-15(20)8-21-14-6-10(16)3-5-12(14)17/h2-7H,8H2,1H3,(H,19,20). The lowest BCUT2D eigenvalue weighted by atomic mass is 10.2. The van der Waals surface area contributed by atoms with Gasteiger partial charge in [0.2, 0.25) is 5.91 Å². The Morgan fingerprint density at radius 1 is 1.24 bits per heavy atom. The third-order valence-electron chi connectivity index (χ3n) is 2.73. The van der Waals surface area contributed by atoms with Gasteiger partial charge < -0.3 is 5.32 Å². The second-order valence-electron chi connectivity index (χ2n) is 4.37. The number of benzene rings is 2. The highest BCUT2D eigenvalue weighted by Gasteiger charge is 2.09. The zero-order valence-corrected chi connectivity index (χ0v) is 13.4. The number of hydrogen-bond acceptors (Lipinski definition) is 2. The first kappa shape index (κ1) is 16.1. The lowest BCUT2D eigenvalue weighted by Crippen LogP contribution is -2.15. The molecule has 1 amide bonds. The first-order valence-electron chi connectivity index (χ1n) is 6.09. The van der Waals surface area contributed by atoms with Gasteiger partial charge in [0, 0.05) is 15.6 Å². The minimum Gasteiger partial charge on any atom is -0.325 e. The van der Waals surface area contributed by atoms with Crippen molar-refractivity contribution in [2.45, 2.75) is 11.8 Å². The molecule has 0 saturated carbocycles. The summed E-state index contributed by atoms with van der Waals surface area (Å²) in [5.41, 5.74) is 1.27. The number of carbonyl (C=O) groups excluding carboxylic acids is 1. The van der Waals surface area contributed by atoms with Crippen molar-refractivity contribution < 1.29 is 9.18 Å². The topological polar surface area (TPSA) is 29.1 Å². The third-order valence-corrected chi connectivity index (χ3v) is 4.46. The first-order valence-corrected chi connectivity index (χ1v) is 7.84. The largest absolute Gasteiger partial charge is 0.325 e. The van der Waals surface area contributed by atoms with Gasteiger partial charge in [-0.15, -0.1) is 11.8 Å². The van der Waals surface area contributed by atoms with Gasteiger partial charge >= 0.3 is 0 Å². The van der Waals surface area contributed by atoms with Crippen LogP contribution < -0.4 is 5.32 Å². The maximum Gasteiger partial charge on any atom is 0.234 e. The Balaban J connectivity index is 1.99. The number of nitrogens with one attached hydrogen (secondary N) is 1. The third kappa shape index (κ3) is 4.63. The number of halogens is 3. The van der Waals surface area contributed by atoms with Crippen LogP contribution in [0.25, 0.3) is 0 Å². The van der Waals surface area contributed by atoms with Gasteiger partial charge in [0.1, 0.15) is 5.82 Å². The number of anilines is 1. The summed E-state index contributed by atoms with van der Waals surface area (Å²) in [4.78, 5) is 12.6. The molecule has 21 heavy (non-hydrogen) atoms. The van der Waals surface area contributed by atoms with Crippen LogP contribution in [-0.4, -0.2) is 11.7 Å². The SMILES string of the molecule is Cc1ccc(F)cc1NC(=O)CSc1cc(Cl)ccc1Cl. The zero-order valence-electron chi connectivity index (χ0n) is 11.1. The Morgan fingerprint density at radius 2 is 2.00 bits per heavy atom. The molecule has 1 N–H and O–H groups in total. The van der Waals surface area contributed by atoms with E-state index in [-0.39, 0.29) is 17.5 Å². The maximum absolute atomic E-state index is 13.2. The van der Waals surface area contributed by atoms with Crippen LogP contribution in [0, 0.1) is 12.7 Å². The van der Waals surface area contributed by atoms with Crippen molar-refractivity contribution in [1.29, 1.82) is 0 Å². The van der Waals surface area contributed by atoms with Crippen LogP contribution >= 0.6 is 35.0 Å². The van der Waals surface area contributed by atoms with Crippen molar-refractivity contribution >= 4 is 46.6 Å². The summed E-state index contributed by atoms with van der Waals surface area (Å²) >= 11 is 13.2. The number of aryl methyl sites for hydroxylation is 1. The molecule has 0 unspecified atom stereocenters. The lowest BCUT2D eigenvalue weighted by molar-refractivity contribution is -0.113. The van der Waals surface area contributed by atoms with E-state index in [1.54, 1.807) is 31.2 Å². The van der Waals surface area contributed by atoms with Gasteiger partial charge in [0.25, 0.3) is 0 Å². The number of hydrogen-bond donors (Lipinski definition) is 1. The molecule has 0 atom stereocenters. The molecule has 110 valence electrons. The average molecular weight is 344 g/mol. The number of rotatable bonds is 4. The fraction of sp³-hybridized carbons (Fsp3) is 0.133. The lowest BCUT2D eigenvalue weighted by Gasteiger charge is -2.09. The normalized spacial score (nSPS) is 10.5. The molecular weight excluding hydrogens is 332 g/mol. The van der Waals surface area contributed by atoms with Gasteiger partial charge in [-0.1, -0.05) is 29.3 Å².